The highest BCUT2D eigenvalue weighted by Crippen LogP contribution is 2.62. The van der Waals surface area contributed by atoms with Gasteiger partial charge in [0.25, 0.3) is 0 Å². The lowest BCUT2D eigenvalue weighted by atomic mass is 9.47. The van der Waals surface area contributed by atoms with Gasteiger partial charge in [-0.15, -0.1) is 0 Å². The number of hydrogen-bond acceptors (Lipinski definition) is 2. The van der Waals surface area contributed by atoms with Crippen molar-refractivity contribution in [3.8, 4) is 0 Å². The van der Waals surface area contributed by atoms with Gasteiger partial charge in [0, 0.05) is 10.00 Å². The third-order valence-corrected chi connectivity index (χ3v) is 8.39. The van der Waals surface area contributed by atoms with Crippen molar-refractivity contribution in [2.75, 3.05) is 0 Å². The van der Waals surface area contributed by atoms with E-state index >= 15 is 0 Å². The molecule has 2 rings (SSSR count). The molecule has 5 unspecified atom stereocenters. The van der Waals surface area contributed by atoms with Crippen molar-refractivity contribution in [1.82, 2.24) is 0 Å². The van der Waals surface area contributed by atoms with Crippen molar-refractivity contribution in [2.24, 2.45) is 35.5 Å². The Morgan fingerprint density at radius 3 is 2.05 bits per heavy atom. The minimum absolute atomic E-state index is 0.155. The Labute approximate surface area is 137 Å². The molecule has 20 heavy (non-hydrogen) atoms. The predicted octanol–water partition coefficient (Wildman–Crippen LogP) is 5.73. The molecule has 0 aliphatic heterocycles. The molecule has 0 heterocycles. The van der Waals surface area contributed by atoms with Gasteiger partial charge >= 0.3 is 0 Å². The fraction of sp³-hybridized carbons (Fsp3) is 1.00. The fourth-order valence-electron chi connectivity index (χ4n) is 5.58. The second kappa shape index (κ2) is 6.44. The van der Waals surface area contributed by atoms with E-state index in [1.165, 1.54) is 32.1 Å². The average molecular weight is 315 g/mol. The molecule has 0 aromatic heterocycles. The quantitative estimate of drug-likeness (QED) is 0.575. The van der Waals surface area contributed by atoms with Gasteiger partial charge in [-0.25, -0.2) is 0 Å². The van der Waals surface area contributed by atoms with Gasteiger partial charge in [-0.2, -0.15) is 25.3 Å². The first-order chi connectivity index (χ1) is 9.35. The Bertz CT molecular complexity index is 313. The second-order valence-corrected chi connectivity index (χ2v) is 9.33. The lowest BCUT2D eigenvalue weighted by Crippen LogP contribution is -2.62. The van der Waals surface area contributed by atoms with Gasteiger partial charge in [0.1, 0.15) is 0 Å². The van der Waals surface area contributed by atoms with Gasteiger partial charge in [0.2, 0.25) is 0 Å². The summed E-state index contributed by atoms with van der Waals surface area (Å²) in [4.78, 5) is 0. The minimum atomic E-state index is 0.155. The first-order valence-corrected chi connectivity index (χ1v) is 9.72. The summed E-state index contributed by atoms with van der Waals surface area (Å²) in [6.07, 6.45) is 6.85. The molecule has 0 aromatic rings. The summed E-state index contributed by atoms with van der Waals surface area (Å²) in [7, 11) is 0. The third-order valence-electron chi connectivity index (χ3n) is 6.71. The van der Waals surface area contributed by atoms with E-state index in [2.05, 4.69) is 34.6 Å². The second-order valence-electron chi connectivity index (χ2n) is 7.78. The van der Waals surface area contributed by atoms with Crippen LogP contribution in [0.2, 0.25) is 0 Å². The summed E-state index contributed by atoms with van der Waals surface area (Å²) < 4.78 is 0.155. The molecule has 2 saturated carbocycles. The van der Waals surface area contributed by atoms with Crippen LogP contribution in [0.5, 0.6) is 0 Å². The highest BCUT2D eigenvalue weighted by atomic mass is 32.1. The van der Waals surface area contributed by atoms with Gasteiger partial charge in [-0.3, -0.25) is 0 Å². The van der Waals surface area contributed by atoms with Crippen molar-refractivity contribution in [1.29, 1.82) is 0 Å². The zero-order valence-corrected chi connectivity index (χ0v) is 15.8. The van der Waals surface area contributed by atoms with Crippen LogP contribution in [0, 0.1) is 35.5 Å². The molecule has 2 fully saturated rings. The summed E-state index contributed by atoms with van der Waals surface area (Å²) in [6, 6.07) is 0. The van der Waals surface area contributed by atoms with Crippen molar-refractivity contribution in [3.63, 3.8) is 0 Å². The number of hydrogen-bond donors (Lipinski definition) is 2. The third kappa shape index (κ3) is 2.57. The van der Waals surface area contributed by atoms with E-state index < -0.39 is 0 Å². The lowest BCUT2D eigenvalue weighted by molar-refractivity contribution is -0.0772. The molecule has 2 aliphatic carbocycles. The molecule has 0 nitrogen and oxygen atoms in total. The van der Waals surface area contributed by atoms with Crippen LogP contribution in [-0.2, 0) is 0 Å². The van der Waals surface area contributed by atoms with Crippen LogP contribution < -0.4 is 0 Å². The molecule has 0 aromatic carbocycles. The maximum absolute atomic E-state index is 5.27. The smallest absolute Gasteiger partial charge is 0.0304 e. The zero-order chi connectivity index (χ0) is 15.1. The van der Waals surface area contributed by atoms with Crippen LogP contribution >= 0.6 is 25.3 Å². The zero-order valence-electron chi connectivity index (χ0n) is 14.0. The van der Waals surface area contributed by atoms with Crippen LogP contribution in [0.4, 0.5) is 0 Å². The molecule has 0 N–H and O–H groups in total. The predicted molar refractivity (Wildman–Crippen MR) is 96.9 cm³/mol. The molecule has 0 saturated heterocycles. The van der Waals surface area contributed by atoms with Gasteiger partial charge in [-0.05, 0) is 48.3 Å². The van der Waals surface area contributed by atoms with Crippen LogP contribution in [0.25, 0.3) is 0 Å². The van der Waals surface area contributed by atoms with Crippen molar-refractivity contribution >= 4 is 25.3 Å². The Kier molecular flexibility index (Phi) is 5.50. The van der Waals surface area contributed by atoms with Crippen LogP contribution in [-0.4, -0.2) is 10.00 Å². The Morgan fingerprint density at radius 1 is 1.15 bits per heavy atom. The average Bonchev–Trinajstić information content (AvgIpc) is 2.26. The van der Waals surface area contributed by atoms with E-state index in [0.717, 1.165) is 35.5 Å². The molecular formula is C18H34S2. The number of rotatable bonds is 6. The van der Waals surface area contributed by atoms with Gasteiger partial charge in [0.15, 0.2) is 0 Å². The minimum Gasteiger partial charge on any atom is -0.175 e. The normalized spacial score (nSPS) is 40.4. The van der Waals surface area contributed by atoms with Crippen molar-refractivity contribution in [2.45, 2.75) is 76.7 Å². The van der Waals surface area contributed by atoms with E-state index in [1.807, 2.05) is 0 Å². The maximum Gasteiger partial charge on any atom is 0.0304 e. The van der Waals surface area contributed by atoms with Gasteiger partial charge in [-0.1, -0.05) is 53.9 Å². The van der Waals surface area contributed by atoms with Crippen LogP contribution in [0.15, 0.2) is 0 Å². The molecule has 0 bridgehead atoms. The molecule has 0 amide bonds. The molecule has 118 valence electrons. The molecule has 2 aliphatic rings. The summed E-state index contributed by atoms with van der Waals surface area (Å²) in [5.41, 5.74) is 0. The summed E-state index contributed by atoms with van der Waals surface area (Å²) >= 11 is 10.1. The van der Waals surface area contributed by atoms with E-state index in [4.69, 9.17) is 25.3 Å². The van der Waals surface area contributed by atoms with E-state index in [0.29, 0.717) is 5.25 Å². The first kappa shape index (κ1) is 17.1. The largest absolute Gasteiger partial charge is 0.175 e. The molecule has 5 atom stereocenters. The van der Waals surface area contributed by atoms with Gasteiger partial charge in [0.05, 0.1) is 0 Å². The first-order valence-electron chi connectivity index (χ1n) is 8.76. The van der Waals surface area contributed by atoms with Gasteiger partial charge < -0.3 is 0 Å². The van der Waals surface area contributed by atoms with Crippen LogP contribution in [0.1, 0.15) is 66.7 Å². The van der Waals surface area contributed by atoms with Crippen molar-refractivity contribution < 1.29 is 0 Å². The summed E-state index contributed by atoms with van der Waals surface area (Å²) in [5, 5.41) is 0.397. The molecule has 0 radical (unpaired) electrons. The Hall–Kier alpha value is 0.700. The Balaban J connectivity index is 2.12. The maximum atomic E-state index is 5.27. The topological polar surface area (TPSA) is 0 Å². The highest BCUT2D eigenvalue weighted by molar-refractivity contribution is 7.85. The fourth-order valence-corrected chi connectivity index (χ4v) is 6.69. The van der Waals surface area contributed by atoms with E-state index in [1.54, 1.807) is 0 Å². The molecule has 2 heteroatoms. The monoisotopic (exact) mass is 314 g/mol. The Morgan fingerprint density at radius 2 is 1.70 bits per heavy atom. The summed E-state index contributed by atoms with van der Waals surface area (Å²) in [6.45, 7) is 12.0. The number of thiol groups is 2. The van der Waals surface area contributed by atoms with Crippen LogP contribution in [0.3, 0.4) is 0 Å². The summed E-state index contributed by atoms with van der Waals surface area (Å²) in [5.74, 6) is 4.97. The standard InChI is InChI=1S/C18H34S2/c1-6-8-11(2)16-12(3)17(13(16)4)18(20,14(5)19)15-9-7-10-15/h11-17,19-20H,6-10H2,1-5H3. The van der Waals surface area contributed by atoms with E-state index in [9.17, 15) is 0 Å². The molecular weight excluding hydrogens is 280 g/mol. The SMILES string of the molecule is CCCC(C)C1C(C)C(C(S)(C(C)S)C2CCC2)C1C. The lowest BCUT2D eigenvalue weighted by Gasteiger charge is -2.63. The highest BCUT2D eigenvalue weighted by Gasteiger charge is 2.59. The van der Waals surface area contributed by atoms with Crippen molar-refractivity contribution in [3.05, 3.63) is 0 Å². The van der Waals surface area contributed by atoms with E-state index in [-0.39, 0.29) is 4.75 Å². The molecule has 0 spiro atoms.